The SMILES string of the molecule is Cc1nn(C)cc1CN1CCCC(C(=O)c2ccc(Oc3ccccc3)cc2)C1. The van der Waals surface area contributed by atoms with Crippen LogP contribution in [0, 0.1) is 12.8 Å². The molecule has 150 valence electrons. The van der Waals surface area contributed by atoms with Crippen LogP contribution in [0.25, 0.3) is 0 Å². The summed E-state index contributed by atoms with van der Waals surface area (Å²) in [5.41, 5.74) is 3.06. The number of hydrogen-bond donors (Lipinski definition) is 0. The zero-order chi connectivity index (χ0) is 20.2. The number of Topliss-reactive ketones (excluding diaryl/α,β-unsaturated/α-hetero) is 1. The van der Waals surface area contributed by atoms with Gasteiger partial charge in [0.05, 0.1) is 5.69 Å². The molecule has 0 aliphatic carbocycles. The second-order valence-corrected chi connectivity index (χ2v) is 7.79. The van der Waals surface area contributed by atoms with Gasteiger partial charge in [0, 0.05) is 43.4 Å². The number of carbonyl (C=O) groups excluding carboxylic acids is 1. The van der Waals surface area contributed by atoms with Gasteiger partial charge < -0.3 is 4.74 Å². The maximum Gasteiger partial charge on any atom is 0.167 e. The zero-order valence-corrected chi connectivity index (χ0v) is 17.0. The Bertz CT molecular complexity index is 964. The lowest BCUT2D eigenvalue weighted by molar-refractivity contribution is 0.0811. The highest BCUT2D eigenvalue weighted by Gasteiger charge is 2.27. The van der Waals surface area contributed by atoms with Gasteiger partial charge in [-0.2, -0.15) is 5.10 Å². The van der Waals surface area contributed by atoms with Crippen LogP contribution >= 0.6 is 0 Å². The molecular weight excluding hydrogens is 362 g/mol. The van der Waals surface area contributed by atoms with E-state index in [0.29, 0.717) is 0 Å². The molecule has 1 unspecified atom stereocenters. The van der Waals surface area contributed by atoms with E-state index in [-0.39, 0.29) is 11.7 Å². The predicted molar refractivity (Wildman–Crippen MR) is 113 cm³/mol. The summed E-state index contributed by atoms with van der Waals surface area (Å²) in [6.45, 7) is 4.73. The minimum absolute atomic E-state index is 0.0432. The van der Waals surface area contributed by atoms with Crippen molar-refractivity contribution in [3.05, 3.63) is 77.6 Å². The first-order chi connectivity index (χ1) is 14.1. The van der Waals surface area contributed by atoms with Crippen LogP contribution in [0.4, 0.5) is 0 Å². The minimum Gasteiger partial charge on any atom is -0.457 e. The highest BCUT2D eigenvalue weighted by Crippen LogP contribution is 2.25. The molecule has 0 N–H and O–H groups in total. The van der Waals surface area contributed by atoms with Gasteiger partial charge in [-0.15, -0.1) is 0 Å². The molecule has 29 heavy (non-hydrogen) atoms. The maximum atomic E-state index is 13.1. The van der Waals surface area contributed by atoms with E-state index < -0.39 is 0 Å². The van der Waals surface area contributed by atoms with Crippen LogP contribution < -0.4 is 4.74 Å². The summed E-state index contributed by atoms with van der Waals surface area (Å²) in [7, 11) is 1.95. The number of nitrogens with zero attached hydrogens (tertiary/aromatic N) is 3. The zero-order valence-electron chi connectivity index (χ0n) is 17.0. The molecule has 1 saturated heterocycles. The minimum atomic E-state index is 0.0432. The fourth-order valence-electron chi connectivity index (χ4n) is 4.01. The fourth-order valence-corrected chi connectivity index (χ4v) is 4.01. The molecule has 2 aromatic carbocycles. The average Bonchev–Trinajstić information content (AvgIpc) is 3.05. The summed E-state index contributed by atoms with van der Waals surface area (Å²) < 4.78 is 7.69. The number of benzene rings is 2. The first-order valence-corrected chi connectivity index (χ1v) is 10.2. The molecular formula is C24H27N3O2. The van der Waals surface area contributed by atoms with Gasteiger partial charge in [-0.1, -0.05) is 18.2 Å². The third-order valence-electron chi connectivity index (χ3n) is 5.50. The Balaban J connectivity index is 1.38. The van der Waals surface area contributed by atoms with Crippen LogP contribution in [0.15, 0.2) is 60.8 Å². The number of aromatic nitrogens is 2. The van der Waals surface area contributed by atoms with E-state index in [2.05, 4.69) is 16.2 Å². The van der Waals surface area contributed by atoms with E-state index in [0.717, 1.165) is 55.2 Å². The Morgan fingerprint density at radius 1 is 1.10 bits per heavy atom. The van der Waals surface area contributed by atoms with Gasteiger partial charge in [-0.05, 0) is 62.7 Å². The van der Waals surface area contributed by atoms with Crippen molar-refractivity contribution < 1.29 is 9.53 Å². The first kappa shape index (κ1) is 19.4. The smallest absolute Gasteiger partial charge is 0.167 e. The number of hydrogen-bond acceptors (Lipinski definition) is 4. The quantitative estimate of drug-likeness (QED) is 0.578. The molecule has 5 heteroatoms. The second-order valence-electron chi connectivity index (χ2n) is 7.79. The molecule has 3 aromatic rings. The number of ketones is 1. The Labute approximate surface area is 171 Å². The fraction of sp³-hybridized carbons (Fsp3) is 0.333. The van der Waals surface area contributed by atoms with Crippen molar-refractivity contribution in [2.24, 2.45) is 13.0 Å². The lowest BCUT2D eigenvalue weighted by atomic mass is 9.90. The Morgan fingerprint density at radius 3 is 2.52 bits per heavy atom. The Kier molecular flexibility index (Phi) is 5.76. The molecule has 5 nitrogen and oxygen atoms in total. The monoisotopic (exact) mass is 389 g/mol. The highest BCUT2D eigenvalue weighted by molar-refractivity contribution is 5.98. The van der Waals surface area contributed by atoms with Crippen molar-refractivity contribution in [2.75, 3.05) is 13.1 Å². The molecule has 0 saturated carbocycles. The summed E-state index contributed by atoms with van der Waals surface area (Å²) in [5, 5.41) is 4.43. The lowest BCUT2D eigenvalue weighted by Gasteiger charge is -2.31. The van der Waals surface area contributed by atoms with E-state index in [4.69, 9.17) is 4.74 Å². The second kappa shape index (κ2) is 8.62. The van der Waals surface area contributed by atoms with Gasteiger partial charge in [0.15, 0.2) is 5.78 Å². The molecule has 1 aliphatic rings. The standard InChI is InChI=1S/C24H27N3O2/c1-18-21(15-26(2)25-18)17-27-14-6-7-20(16-27)24(28)19-10-12-23(13-11-19)29-22-8-4-3-5-9-22/h3-5,8-13,15,20H,6-7,14,16-17H2,1-2H3. The number of rotatable bonds is 6. The third-order valence-corrected chi connectivity index (χ3v) is 5.50. The van der Waals surface area contributed by atoms with E-state index in [1.165, 1.54) is 5.56 Å². The molecule has 2 heterocycles. The molecule has 0 spiro atoms. The summed E-state index contributed by atoms with van der Waals surface area (Å²) in [4.78, 5) is 15.4. The van der Waals surface area contributed by atoms with Crippen LogP contribution in [-0.4, -0.2) is 33.6 Å². The summed E-state index contributed by atoms with van der Waals surface area (Å²) in [6, 6.07) is 17.2. The van der Waals surface area contributed by atoms with Gasteiger partial charge >= 0.3 is 0 Å². The Morgan fingerprint density at radius 2 is 1.83 bits per heavy atom. The summed E-state index contributed by atoms with van der Waals surface area (Å²) >= 11 is 0. The van der Waals surface area contributed by atoms with Gasteiger partial charge in [-0.3, -0.25) is 14.4 Å². The molecule has 4 rings (SSSR count). The van der Waals surface area contributed by atoms with Crippen molar-refractivity contribution in [1.29, 1.82) is 0 Å². The average molecular weight is 389 g/mol. The third kappa shape index (κ3) is 4.74. The van der Waals surface area contributed by atoms with E-state index in [1.807, 2.05) is 73.3 Å². The molecule has 1 atom stereocenters. The van der Waals surface area contributed by atoms with Gasteiger partial charge in [0.2, 0.25) is 0 Å². The van der Waals surface area contributed by atoms with E-state index in [9.17, 15) is 4.79 Å². The largest absolute Gasteiger partial charge is 0.457 e. The number of likely N-dealkylation sites (tertiary alicyclic amines) is 1. The summed E-state index contributed by atoms with van der Waals surface area (Å²) in [5.74, 6) is 1.80. The first-order valence-electron chi connectivity index (χ1n) is 10.2. The lowest BCUT2D eigenvalue weighted by Crippen LogP contribution is -2.38. The number of aryl methyl sites for hydroxylation is 2. The van der Waals surface area contributed by atoms with Crippen molar-refractivity contribution in [3.8, 4) is 11.5 Å². The molecule has 0 bridgehead atoms. The normalized spacial score (nSPS) is 17.2. The van der Waals surface area contributed by atoms with Crippen molar-refractivity contribution in [1.82, 2.24) is 14.7 Å². The molecule has 1 aromatic heterocycles. The van der Waals surface area contributed by atoms with Crippen molar-refractivity contribution in [3.63, 3.8) is 0 Å². The van der Waals surface area contributed by atoms with Crippen LogP contribution in [0.3, 0.4) is 0 Å². The van der Waals surface area contributed by atoms with Crippen molar-refractivity contribution in [2.45, 2.75) is 26.3 Å². The number of para-hydroxylation sites is 1. The van der Waals surface area contributed by atoms with E-state index >= 15 is 0 Å². The molecule has 1 fully saturated rings. The number of carbonyl (C=O) groups is 1. The topological polar surface area (TPSA) is 47.4 Å². The van der Waals surface area contributed by atoms with Crippen LogP contribution in [0.2, 0.25) is 0 Å². The van der Waals surface area contributed by atoms with Crippen molar-refractivity contribution >= 4 is 5.78 Å². The van der Waals surface area contributed by atoms with Crippen LogP contribution in [0.5, 0.6) is 11.5 Å². The maximum absolute atomic E-state index is 13.1. The van der Waals surface area contributed by atoms with Gasteiger partial charge in [0.25, 0.3) is 0 Å². The predicted octanol–water partition coefficient (Wildman–Crippen LogP) is 4.62. The van der Waals surface area contributed by atoms with Crippen LogP contribution in [0.1, 0.15) is 34.5 Å². The van der Waals surface area contributed by atoms with E-state index in [1.54, 1.807) is 0 Å². The van der Waals surface area contributed by atoms with Gasteiger partial charge in [0.1, 0.15) is 11.5 Å². The van der Waals surface area contributed by atoms with Gasteiger partial charge in [-0.25, -0.2) is 0 Å². The molecule has 0 radical (unpaired) electrons. The Hall–Kier alpha value is -2.92. The van der Waals surface area contributed by atoms with Crippen LogP contribution in [-0.2, 0) is 13.6 Å². The molecule has 0 amide bonds. The number of ether oxygens (including phenoxy) is 1. The summed E-state index contributed by atoms with van der Waals surface area (Å²) in [6.07, 6.45) is 4.07. The highest BCUT2D eigenvalue weighted by atomic mass is 16.5. The molecule has 1 aliphatic heterocycles. The number of piperidine rings is 1.